The molecule has 0 saturated heterocycles. The summed E-state index contributed by atoms with van der Waals surface area (Å²) in [6.45, 7) is 1.19. The number of carbonyl (C=O) groups excluding carboxylic acids is 1. The van der Waals surface area contributed by atoms with Crippen molar-refractivity contribution in [3.8, 4) is 11.3 Å². The molecule has 1 aromatic carbocycles. The zero-order valence-corrected chi connectivity index (χ0v) is 18.5. The zero-order valence-electron chi connectivity index (χ0n) is 18.5. The van der Waals surface area contributed by atoms with Gasteiger partial charge in [0, 0.05) is 37.1 Å². The third-order valence-electron chi connectivity index (χ3n) is 6.60. The van der Waals surface area contributed by atoms with E-state index >= 15 is 0 Å². The van der Waals surface area contributed by atoms with Crippen molar-refractivity contribution in [2.24, 2.45) is 0 Å². The Morgan fingerprint density at radius 1 is 1.15 bits per heavy atom. The van der Waals surface area contributed by atoms with E-state index in [1.807, 2.05) is 53.2 Å². The fourth-order valence-electron chi connectivity index (χ4n) is 4.89. The number of rotatable bonds is 6. The summed E-state index contributed by atoms with van der Waals surface area (Å²) >= 11 is 0. The molecule has 1 aliphatic carbocycles. The van der Waals surface area contributed by atoms with E-state index in [1.54, 1.807) is 11.1 Å². The third kappa shape index (κ3) is 4.49. The van der Waals surface area contributed by atoms with Gasteiger partial charge >= 0.3 is 0 Å². The first-order chi connectivity index (χ1) is 16.1. The van der Waals surface area contributed by atoms with Crippen LogP contribution in [0.4, 0.5) is 5.95 Å². The molecule has 3 aromatic rings. The highest BCUT2D eigenvalue weighted by Crippen LogP contribution is 2.29. The Balaban J connectivity index is 1.40. The highest BCUT2D eigenvalue weighted by molar-refractivity contribution is 5.95. The second-order valence-corrected chi connectivity index (χ2v) is 8.84. The van der Waals surface area contributed by atoms with E-state index in [9.17, 15) is 15.0 Å². The van der Waals surface area contributed by atoms with E-state index in [1.165, 1.54) is 0 Å². The molecule has 3 N–H and O–H groups in total. The minimum absolute atomic E-state index is 0.0889. The van der Waals surface area contributed by atoms with Gasteiger partial charge in [0.25, 0.3) is 5.91 Å². The molecule has 33 heavy (non-hydrogen) atoms. The quantitative estimate of drug-likeness (QED) is 0.537. The van der Waals surface area contributed by atoms with E-state index in [2.05, 4.69) is 15.3 Å². The molecular weight excluding hydrogens is 418 g/mol. The number of anilines is 1. The number of aliphatic hydroxyl groups is 2. The van der Waals surface area contributed by atoms with Crippen LogP contribution in [-0.4, -0.2) is 60.9 Å². The molecule has 5 rings (SSSR count). The lowest BCUT2D eigenvalue weighted by molar-refractivity contribution is 0.0595. The Kier molecular flexibility index (Phi) is 6.11. The van der Waals surface area contributed by atoms with Crippen molar-refractivity contribution >= 4 is 11.9 Å². The van der Waals surface area contributed by atoms with Gasteiger partial charge in [-0.25, -0.2) is 9.97 Å². The number of nitrogens with one attached hydrogen (secondary N) is 1. The van der Waals surface area contributed by atoms with Gasteiger partial charge in [-0.15, -0.1) is 0 Å². The van der Waals surface area contributed by atoms with Crippen molar-refractivity contribution in [2.45, 2.75) is 50.4 Å². The number of hydrogen-bond acceptors (Lipinski definition) is 6. The molecule has 172 valence electrons. The maximum Gasteiger partial charge on any atom is 0.271 e. The van der Waals surface area contributed by atoms with E-state index in [0.717, 1.165) is 42.6 Å². The number of amides is 1. The lowest BCUT2D eigenvalue weighted by Crippen LogP contribution is -2.36. The number of hydrogen-bond donors (Lipinski definition) is 3. The van der Waals surface area contributed by atoms with Gasteiger partial charge in [0.05, 0.1) is 24.4 Å². The predicted molar refractivity (Wildman–Crippen MR) is 125 cm³/mol. The van der Waals surface area contributed by atoms with Crippen LogP contribution in [0.2, 0.25) is 0 Å². The monoisotopic (exact) mass is 447 g/mol. The van der Waals surface area contributed by atoms with Gasteiger partial charge in [0.1, 0.15) is 5.69 Å². The average molecular weight is 448 g/mol. The van der Waals surface area contributed by atoms with Crippen LogP contribution in [0.1, 0.15) is 47.8 Å². The van der Waals surface area contributed by atoms with Crippen LogP contribution in [0.25, 0.3) is 11.3 Å². The Bertz CT molecular complexity index is 1120. The second kappa shape index (κ2) is 9.33. The highest BCUT2D eigenvalue weighted by atomic mass is 16.3. The van der Waals surface area contributed by atoms with E-state index < -0.39 is 0 Å². The molecule has 8 heteroatoms. The molecular formula is C25H29N5O3. The molecule has 0 bridgehead atoms. The molecule has 1 amide bonds. The van der Waals surface area contributed by atoms with Gasteiger partial charge in [-0.1, -0.05) is 30.3 Å². The predicted octanol–water partition coefficient (Wildman–Crippen LogP) is 2.85. The summed E-state index contributed by atoms with van der Waals surface area (Å²) in [6.07, 6.45) is 6.61. The van der Waals surface area contributed by atoms with Crippen LogP contribution in [-0.2, 0) is 6.54 Å². The van der Waals surface area contributed by atoms with Crippen molar-refractivity contribution < 1.29 is 15.0 Å². The molecule has 1 saturated carbocycles. The summed E-state index contributed by atoms with van der Waals surface area (Å²) in [7, 11) is 0. The molecule has 1 aliphatic heterocycles. The normalized spacial score (nSPS) is 21.5. The summed E-state index contributed by atoms with van der Waals surface area (Å²) in [4.78, 5) is 24.3. The van der Waals surface area contributed by atoms with Crippen LogP contribution in [0.3, 0.4) is 0 Å². The fraction of sp³-hybridized carbons (Fsp3) is 0.400. The standard InChI is InChI=1S/C25H29N5O3/c31-16-23(17-5-2-1-3-6-17)30-12-4-11-29-15-18(13-22(29)24(30)33)21-9-10-26-25(28-21)27-19-7-8-20(32)14-19/h1-3,5-6,9-10,13,15,19-20,23,31-32H,4,7-8,11-12,14,16H2,(H,26,27,28)/t19-,20+,23+/m0/s1. The van der Waals surface area contributed by atoms with Gasteiger partial charge in [0.2, 0.25) is 5.95 Å². The Morgan fingerprint density at radius 3 is 2.76 bits per heavy atom. The van der Waals surface area contributed by atoms with E-state index in [0.29, 0.717) is 24.6 Å². The smallest absolute Gasteiger partial charge is 0.271 e. The van der Waals surface area contributed by atoms with Crippen LogP contribution in [0.5, 0.6) is 0 Å². The largest absolute Gasteiger partial charge is 0.394 e. The topological polar surface area (TPSA) is 104 Å². The van der Waals surface area contributed by atoms with Crippen LogP contribution in [0, 0.1) is 0 Å². The summed E-state index contributed by atoms with van der Waals surface area (Å²) in [5.41, 5.74) is 3.13. The zero-order chi connectivity index (χ0) is 22.8. The molecule has 2 aromatic heterocycles. The number of benzene rings is 1. The fourth-order valence-corrected chi connectivity index (χ4v) is 4.89. The average Bonchev–Trinajstić information content (AvgIpc) is 3.41. The number of aliphatic hydroxyl groups excluding tert-OH is 2. The summed E-state index contributed by atoms with van der Waals surface area (Å²) in [5.74, 6) is 0.444. The Labute approximate surface area is 192 Å². The van der Waals surface area contributed by atoms with Crippen LogP contribution in [0.15, 0.2) is 54.9 Å². The number of aromatic nitrogens is 3. The second-order valence-electron chi connectivity index (χ2n) is 8.84. The van der Waals surface area contributed by atoms with Crippen LogP contribution >= 0.6 is 0 Å². The molecule has 0 unspecified atom stereocenters. The third-order valence-corrected chi connectivity index (χ3v) is 6.60. The first-order valence-corrected chi connectivity index (χ1v) is 11.6. The highest BCUT2D eigenvalue weighted by Gasteiger charge is 2.30. The maximum atomic E-state index is 13.5. The number of carbonyl (C=O) groups is 1. The summed E-state index contributed by atoms with van der Waals surface area (Å²) in [5, 5.41) is 23.2. The Hall–Kier alpha value is -3.23. The SMILES string of the molecule is O=C1c2cc(-c3ccnc(N[C@H]4CC[C@@H](O)C4)n3)cn2CCCN1[C@H](CO)c1ccccc1. The number of aryl methyl sites for hydroxylation is 1. The van der Waals surface area contributed by atoms with Gasteiger partial charge in [-0.2, -0.15) is 0 Å². The van der Waals surface area contributed by atoms with Crippen LogP contribution < -0.4 is 5.32 Å². The maximum absolute atomic E-state index is 13.5. The molecule has 8 nitrogen and oxygen atoms in total. The van der Waals surface area contributed by atoms with Crippen molar-refractivity contribution in [3.05, 3.63) is 66.1 Å². The lowest BCUT2D eigenvalue weighted by Gasteiger charge is -2.29. The summed E-state index contributed by atoms with van der Waals surface area (Å²) < 4.78 is 1.99. The first kappa shape index (κ1) is 21.6. The van der Waals surface area contributed by atoms with Crippen molar-refractivity contribution in [3.63, 3.8) is 0 Å². The van der Waals surface area contributed by atoms with Crippen molar-refractivity contribution in [1.82, 2.24) is 19.4 Å². The molecule has 1 fully saturated rings. The van der Waals surface area contributed by atoms with E-state index in [-0.39, 0.29) is 30.7 Å². The molecule has 3 atom stereocenters. The lowest BCUT2D eigenvalue weighted by atomic mass is 10.1. The van der Waals surface area contributed by atoms with E-state index in [4.69, 9.17) is 0 Å². The minimum atomic E-state index is -0.375. The summed E-state index contributed by atoms with van der Waals surface area (Å²) in [6, 6.07) is 13.2. The Morgan fingerprint density at radius 2 is 2.00 bits per heavy atom. The van der Waals surface area contributed by atoms with Crippen molar-refractivity contribution in [2.75, 3.05) is 18.5 Å². The first-order valence-electron chi connectivity index (χ1n) is 11.6. The number of fused-ring (bicyclic) bond motifs is 1. The minimum Gasteiger partial charge on any atom is -0.394 e. The number of nitrogens with zero attached hydrogens (tertiary/aromatic N) is 4. The molecule has 3 heterocycles. The van der Waals surface area contributed by atoms with Gasteiger partial charge < -0.3 is 25.0 Å². The van der Waals surface area contributed by atoms with Gasteiger partial charge in [-0.3, -0.25) is 4.79 Å². The van der Waals surface area contributed by atoms with Crippen molar-refractivity contribution in [1.29, 1.82) is 0 Å². The van der Waals surface area contributed by atoms with Gasteiger partial charge in [-0.05, 0) is 43.4 Å². The molecule has 2 aliphatic rings. The van der Waals surface area contributed by atoms with Gasteiger partial charge in [0.15, 0.2) is 0 Å². The molecule has 0 spiro atoms. The molecule has 0 radical (unpaired) electrons.